The Morgan fingerprint density at radius 2 is 2.00 bits per heavy atom. The zero-order chi connectivity index (χ0) is 10.1. The van der Waals surface area contributed by atoms with Crippen LogP contribution in [0.5, 0.6) is 5.75 Å². The first kappa shape index (κ1) is 10.0. The Balaban J connectivity index is 3.26. The Kier molecular flexibility index (Phi) is 2.58. The summed E-state index contributed by atoms with van der Waals surface area (Å²) in [5, 5.41) is 17.9. The predicted octanol–water partition coefficient (Wildman–Crippen LogP) is 0.288. The van der Waals surface area contributed by atoms with Crippen LogP contribution in [0.2, 0.25) is 0 Å². The zero-order valence-electron chi connectivity index (χ0n) is 7.06. The van der Waals surface area contributed by atoms with E-state index in [4.69, 9.17) is 5.11 Å². The molecule has 0 spiro atoms. The topological polar surface area (TPSA) is 74.6 Å². The van der Waals surface area contributed by atoms with E-state index in [0.717, 1.165) is 12.3 Å². The number of rotatable bonds is 2. The molecule has 0 atom stereocenters. The van der Waals surface area contributed by atoms with Crippen molar-refractivity contribution in [3.8, 4) is 5.75 Å². The van der Waals surface area contributed by atoms with Gasteiger partial charge in [0.05, 0.1) is 11.5 Å². The number of hydrogen-bond acceptors (Lipinski definition) is 4. The van der Waals surface area contributed by atoms with Crippen molar-refractivity contribution in [3.05, 3.63) is 23.8 Å². The summed E-state index contributed by atoms with van der Waals surface area (Å²) < 4.78 is 22.0. The average molecular weight is 202 g/mol. The SMILES string of the molecule is CS(=O)(=O)c1ccc(CO)c(O)c1. The molecule has 0 aliphatic carbocycles. The third kappa shape index (κ3) is 2.19. The van der Waals surface area contributed by atoms with Crippen LogP contribution in [-0.2, 0) is 16.4 Å². The van der Waals surface area contributed by atoms with Crippen LogP contribution in [-0.4, -0.2) is 24.9 Å². The summed E-state index contributed by atoms with van der Waals surface area (Å²) in [6.45, 7) is -0.310. The van der Waals surface area contributed by atoms with E-state index in [2.05, 4.69) is 0 Å². The summed E-state index contributed by atoms with van der Waals surface area (Å²) in [7, 11) is -3.29. The number of benzene rings is 1. The average Bonchev–Trinajstić information content (AvgIpc) is 2.02. The Morgan fingerprint density at radius 3 is 2.38 bits per heavy atom. The third-order valence-corrected chi connectivity index (χ3v) is 2.77. The molecule has 0 amide bonds. The van der Waals surface area contributed by atoms with Gasteiger partial charge in [-0.3, -0.25) is 0 Å². The lowest BCUT2D eigenvalue weighted by Crippen LogP contribution is -1.97. The fraction of sp³-hybridized carbons (Fsp3) is 0.250. The van der Waals surface area contributed by atoms with Crippen LogP contribution < -0.4 is 0 Å². The maximum absolute atomic E-state index is 11.0. The highest BCUT2D eigenvalue weighted by Gasteiger charge is 2.09. The van der Waals surface area contributed by atoms with E-state index in [1.807, 2.05) is 0 Å². The van der Waals surface area contributed by atoms with Crippen molar-refractivity contribution in [3.63, 3.8) is 0 Å². The molecule has 0 unspecified atom stereocenters. The largest absolute Gasteiger partial charge is 0.508 e. The molecule has 0 aliphatic heterocycles. The first-order chi connectivity index (χ1) is 5.95. The Hall–Kier alpha value is -1.07. The van der Waals surface area contributed by atoms with Crippen molar-refractivity contribution in [2.45, 2.75) is 11.5 Å². The van der Waals surface area contributed by atoms with Gasteiger partial charge in [-0.05, 0) is 12.1 Å². The molecule has 0 aliphatic rings. The van der Waals surface area contributed by atoms with Crippen LogP contribution in [0.4, 0.5) is 0 Å². The van der Waals surface area contributed by atoms with Gasteiger partial charge in [0.1, 0.15) is 5.75 Å². The normalized spacial score (nSPS) is 11.5. The Morgan fingerprint density at radius 1 is 1.38 bits per heavy atom. The van der Waals surface area contributed by atoms with E-state index in [1.54, 1.807) is 0 Å². The molecule has 0 radical (unpaired) electrons. The van der Waals surface area contributed by atoms with Gasteiger partial charge < -0.3 is 10.2 Å². The van der Waals surface area contributed by atoms with Crippen LogP contribution in [0.25, 0.3) is 0 Å². The van der Waals surface area contributed by atoms with Gasteiger partial charge in [-0.2, -0.15) is 0 Å². The molecule has 0 aromatic heterocycles. The summed E-state index contributed by atoms with van der Waals surface area (Å²) >= 11 is 0. The van der Waals surface area contributed by atoms with Crippen LogP contribution in [0, 0.1) is 0 Å². The minimum atomic E-state index is -3.29. The van der Waals surface area contributed by atoms with Crippen LogP contribution in [0.15, 0.2) is 23.1 Å². The van der Waals surface area contributed by atoms with Crippen LogP contribution in [0.3, 0.4) is 0 Å². The fourth-order valence-corrected chi connectivity index (χ4v) is 1.55. The summed E-state index contributed by atoms with van der Waals surface area (Å²) in [6.07, 6.45) is 1.06. The number of aliphatic hydroxyl groups excluding tert-OH is 1. The molecule has 1 rings (SSSR count). The second kappa shape index (κ2) is 3.35. The van der Waals surface area contributed by atoms with E-state index < -0.39 is 9.84 Å². The number of aromatic hydroxyl groups is 1. The number of phenols is 1. The second-order valence-corrected chi connectivity index (χ2v) is 4.74. The van der Waals surface area contributed by atoms with Gasteiger partial charge >= 0.3 is 0 Å². The minimum absolute atomic E-state index is 0.0437. The lowest BCUT2D eigenvalue weighted by Gasteiger charge is -2.02. The van der Waals surface area contributed by atoms with Gasteiger partial charge in [0.25, 0.3) is 0 Å². The highest BCUT2D eigenvalue weighted by atomic mass is 32.2. The highest BCUT2D eigenvalue weighted by molar-refractivity contribution is 7.90. The van der Waals surface area contributed by atoms with Gasteiger partial charge in [0.2, 0.25) is 0 Å². The summed E-state index contributed by atoms with van der Waals surface area (Å²) in [4.78, 5) is 0.0437. The van der Waals surface area contributed by atoms with Crippen LogP contribution in [0.1, 0.15) is 5.56 Å². The van der Waals surface area contributed by atoms with Crippen LogP contribution >= 0.6 is 0 Å². The maximum Gasteiger partial charge on any atom is 0.175 e. The van der Waals surface area contributed by atoms with Crippen molar-refractivity contribution in [2.24, 2.45) is 0 Å². The first-order valence-electron chi connectivity index (χ1n) is 3.58. The summed E-state index contributed by atoms with van der Waals surface area (Å²) in [5.74, 6) is -0.203. The second-order valence-electron chi connectivity index (χ2n) is 2.72. The first-order valence-corrected chi connectivity index (χ1v) is 5.47. The van der Waals surface area contributed by atoms with E-state index in [1.165, 1.54) is 12.1 Å². The molecule has 0 saturated heterocycles. The molecule has 1 aromatic rings. The smallest absolute Gasteiger partial charge is 0.175 e. The molecule has 5 heteroatoms. The predicted molar refractivity (Wildman–Crippen MR) is 47.1 cm³/mol. The Labute approximate surface area is 76.4 Å². The molecule has 4 nitrogen and oxygen atoms in total. The molecule has 0 fully saturated rings. The number of sulfone groups is 1. The molecule has 13 heavy (non-hydrogen) atoms. The quantitative estimate of drug-likeness (QED) is 0.722. The minimum Gasteiger partial charge on any atom is -0.508 e. The van der Waals surface area contributed by atoms with E-state index in [9.17, 15) is 13.5 Å². The Bertz CT molecular complexity index is 408. The molecular formula is C8H10O4S. The molecule has 0 saturated carbocycles. The van der Waals surface area contributed by atoms with Crippen molar-refractivity contribution in [1.82, 2.24) is 0 Å². The zero-order valence-corrected chi connectivity index (χ0v) is 7.87. The number of aliphatic hydroxyl groups is 1. The summed E-state index contributed by atoms with van der Waals surface area (Å²) in [6, 6.07) is 3.85. The van der Waals surface area contributed by atoms with Crippen molar-refractivity contribution in [2.75, 3.05) is 6.26 Å². The number of hydrogen-bond donors (Lipinski definition) is 2. The molecule has 72 valence electrons. The van der Waals surface area contributed by atoms with Gasteiger partial charge in [-0.1, -0.05) is 6.07 Å². The highest BCUT2D eigenvalue weighted by Crippen LogP contribution is 2.21. The van der Waals surface area contributed by atoms with Gasteiger partial charge in [-0.15, -0.1) is 0 Å². The molecule has 0 bridgehead atoms. The van der Waals surface area contributed by atoms with Gasteiger partial charge in [0.15, 0.2) is 9.84 Å². The molecule has 0 heterocycles. The lowest BCUT2D eigenvalue weighted by atomic mass is 10.2. The fourth-order valence-electron chi connectivity index (χ4n) is 0.908. The van der Waals surface area contributed by atoms with Crippen molar-refractivity contribution in [1.29, 1.82) is 0 Å². The maximum atomic E-state index is 11.0. The standard InChI is InChI=1S/C8H10O4S/c1-13(11,12)7-3-2-6(5-9)8(10)4-7/h2-4,9-10H,5H2,1H3. The van der Waals surface area contributed by atoms with E-state index in [0.29, 0.717) is 5.56 Å². The molecule has 1 aromatic carbocycles. The van der Waals surface area contributed by atoms with E-state index >= 15 is 0 Å². The van der Waals surface area contributed by atoms with E-state index in [-0.39, 0.29) is 17.3 Å². The summed E-state index contributed by atoms with van der Waals surface area (Å²) in [5.41, 5.74) is 0.312. The molecule has 2 N–H and O–H groups in total. The third-order valence-electron chi connectivity index (χ3n) is 1.66. The lowest BCUT2D eigenvalue weighted by molar-refractivity contribution is 0.275. The molecular weight excluding hydrogens is 192 g/mol. The van der Waals surface area contributed by atoms with Gasteiger partial charge in [0, 0.05) is 11.8 Å². The monoisotopic (exact) mass is 202 g/mol. The van der Waals surface area contributed by atoms with Crippen molar-refractivity contribution >= 4 is 9.84 Å². The van der Waals surface area contributed by atoms with Crippen molar-refractivity contribution < 1.29 is 18.6 Å². The van der Waals surface area contributed by atoms with Gasteiger partial charge in [-0.25, -0.2) is 8.42 Å².